The number of thiazole rings is 1. The van der Waals surface area contributed by atoms with E-state index in [1.165, 1.54) is 6.54 Å². The highest BCUT2D eigenvalue weighted by atomic mass is 32.1. The molecule has 20 heavy (non-hydrogen) atoms. The number of imidazole rings is 1. The van der Waals surface area contributed by atoms with Gasteiger partial charge in [0, 0.05) is 44.3 Å². The number of aromatic nitrogens is 2. The first-order chi connectivity index (χ1) is 9.69. The second-order valence-corrected chi connectivity index (χ2v) is 6.65. The highest BCUT2D eigenvalue weighted by Gasteiger charge is 2.23. The molecular formula is C14H22N4OS. The number of aliphatic hydroxyl groups is 1. The standard InChI is InChI=1S/C14H22N4OS/c1-11(2)9-16-3-5-17(6-4-16)13-12(10-19)18-7-8-20-14(18)15-13/h7-8,11,19H,3-6,9-10H2,1-2H3. The van der Waals surface area contributed by atoms with Crippen LogP contribution in [-0.2, 0) is 6.61 Å². The first-order valence-corrected chi connectivity index (χ1v) is 8.09. The molecular weight excluding hydrogens is 272 g/mol. The molecule has 0 radical (unpaired) electrons. The van der Waals surface area contributed by atoms with E-state index in [4.69, 9.17) is 0 Å². The van der Waals surface area contributed by atoms with Crippen molar-refractivity contribution in [2.45, 2.75) is 20.5 Å². The number of rotatable bonds is 4. The molecule has 1 saturated heterocycles. The Labute approximate surface area is 123 Å². The Balaban J connectivity index is 1.74. The molecule has 0 aromatic carbocycles. The second kappa shape index (κ2) is 5.71. The summed E-state index contributed by atoms with van der Waals surface area (Å²) in [5.41, 5.74) is 0.915. The maximum absolute atomic E-state index is 9.63. The third-order valence-corrected chi connectivity index (χ3v) is 4.54. The van der Waals surface area contributed by atoms with Gasteiger partial charge in [-0.15, -0.1) is 11.3 Å². The average Bonchev–Trinajstić information content (AvgIpc) is 2.98. The number of fused-ring (bicyclic) bond motifs is 1. The minimum absolute atomic E-state index is 0.0411. The van der Waals surface area contributed by atoms with Gasteiger partial charge in [-0.3, -0.25) is 9.30 Å². The van der Waals surface area contributed by atoms with Crippen molar-refractivity contribution in [3.63, 3.8) is 0 Å². The van der Waals surface area contributed by atoms with Gasteiger partial charge in [-0.1, -0.05) is 13.8 Å². The third kappa shape index (κ3) is 2.55. The molecule has 0 amide bonds. The van der Waals surface area contributed by atoms with Gasteiger partial charge in [0.15, 0.2) is 10.8 Å². The molecule has 1 aliphatic rings. The number of hydrogen-bond acceptors (Lipinski definition) is 5. The maximum atomic E-state index is 9.63. The summed E-state index contributed by atoms with van der Waals surface area (Å²) in [7, 11) is 0. The van der Waals surface area contributed by atoms with E-state index in [-0.39, 0.29) is 6.61 Å². The van der Waals surface area contributed by atoms with E-state index in [1.54, 1.807) is 11.3 Å². The molecule has 0 aliphatic carbocycles. The van der Waals surface area contributed by atoms with E-state index in [1.807, 2.05) is 16.0 Å². The molecule has 3 rings (SSSR count). The Hall–Kier alpha value is -1.11. The highest BCUT2D eigenvalue weighted by Crippen LogP contribution is 2.25. The third-order valence-electron chi connectivity index (χ3n) is 3.78. The first kappa shape index (κ1) is 13.9. The summed E-state index contributed by atoms with van der Waals surface area (Å²) in [4.78, 5) is 10.5. The molecule has 0 unspecified atom stereocenters. The molecule has 1 aliphatic heterocycles. The lowest BCUT2D eigenvalue weighted by Crippen LogP contribution is -2.47. The van der Waals surface area contributed by atoms with Gasteiger partial charge < -0.3 is 10.0 Å². The summed E-state index contributed by atoms with van der Waals surface area (Å²) < 4.78 is 2.00. The number of hydrogen-bond donors (Lipinski definition) is 1. The van der Waals surface area contributed by atoms with Crippen LogP contribution in [0.2, 0.25) is 0 Å². The fourth-order valence-electron chi connectivity index (χ4n) is 2.88. The lowest BCUT2D eigenvalue weighted by Gasteiger charge is -2.36. The lowest BCUT2D eigenvalue weighted by molar-refractivity contribution is 0.230. The molecule has 5 nitrogen and oxygen atoms in total. The van der Waals surface area contributed by atoms with Crippen molar-refractivity contribution < 1.29 is 5.11 Å². The fourth-order valence-corrected chi connectivity index (χ4v) is 3.61. The summed E-state index contributed by atoms with van der Waals surface area (Å²) in [6.45, 7) is 9.87. The fraction of sp³-hybridized carbons (Fsp3) is 0.643. The molecule has 0 atom stereocenters. The zero-order valence-electron chi connectivity index (χ0n) is 12.1. The number of piperazine rings is 1. The molecule has 3 heterocycles. The van der Waals surface area contributed by atoms with Crippen LogP contribution in [0.5, 0.6) is 0 Å². The summed E-state index contributed by atoms with van der Waals surface area (Å²) in [5.74, 6) is 1.68. The van der Waals surface area contributed by atoms with Crippen LogP contribution in [0.25, 0.3) is 4.96 Å². The van der Waals surface area contributed by atoms with Crippen LogP contribution in [0, 0.1) is 5.92 Å². The minimum Gasteiger partial charge on any atom is -0.390 e. The van der Waals surface area contributed by atoms with Crippen LogP contribution >= 0.6 is 11.3 Å². The van der Waals surface area contributed by atoms with Crippen molar-refractivity contribution in [3.8, 4) is 0 Å². The van der Waals surface area contributed by atoms with Crippen LogP contribution in [0.4, 0.5) is 5.82 Å². The Morgan fingerprint density at radius 3 is 2.70 bits per heavy atom. The normalized spacial score (nSPS) is 17.5. The largest absolute Gasteiger partial charge is 0.390 e. The molecule has 0 bridgehead atoms. The average molecular weight is 294 g/mol. The van der Waals surface area contributed by atoms with Crippen LogP contribution in [0.3, 0.4) is 0 Å². The van der Waals surface area contributed by atoms with E-state index >= 15 is 0 Å². The van der Waals surface area contributed by atoms with E-state index < -0.39 is 0 Å². The summed E-state index contributed by atoms with van der Waals surface area (Å²) in [6, 6.07) is 0. The maximum Gasteiger partial charge on any atom is 0.195 e. The van der Waals surface area contributed by atoms with Gasteiger partial charge in [0.25, 0.3) is 0 Å². The molecule has 110 valence electrons. The Morgan fingerprint density at radius 1 is 1.30 bits per heavy atom. The van der Waals surface area contributed by atoms with Gasteiger partial charge >= 0.3 is 0 Å². The van der Waals surface area contributed by atoms with Crippen molar-refractivity contribution in [3.05, 3.63) is 17.3 Å². The van der Waals surface area contributed by atoms with Crippen LogP contribution in [0.1, 0.15) is 19.5 Å². The first-order valence-electron chi connectivity index (χ1n) is 7.21. The van der Waals surface area contributed by atoms with Crippen LogP contribution in [-0.4, -0.2) is 52.1 Å². The minimum atomic E-state index is 0.0411. The van der Waals surface area contributed by atoms with Crippen molar-refractivity contribution in [2.24, 2.45) is 5.92 Å². The van der Waals surface area contributed by atoms with E-state index in [2.05, 4.69) is 28.6 Å². The second-order valence-electron chi connectivity index (χ2n) is 5.78. The predicted octanol–water partition coefficient (Wildman–Crippen LogP) is 1.67. The monoisotopic (exact) mass is 294 g/mol. The molecule has 1 N–H and O–H groups in total. The Bertz CT molecular complexity index is 569. The SMILES string of the molecule is CC(C)CN1CCN(c2nc3sccn3c2CO)CC1. The van der Waals surface area contributed by atoms with Crippen molar-refractivity contribution >= 4 is 22.1 Å². The quantitative estimate of drug-likeness (QED) is 0.931. The van der Waals surface area contributed by atoms with Gasteiger partial charge in [-0.2, -0.15) is 0 Å². The van der Waals surface area contributed by atoms with Gasteiger partial charge in [0.05, 0.1) is 12.3 Å². The van der Waals surface area contributed by atoms with Gasteiger partial charge in [-0.25, -0.2) is 4.98 Å². The predicted molar refractivity (Wildman–Crippen MR) is 82.5 cm³/mol. The molecule has 6 heteroatoms. The number of nitrogens with zero attached hydrogens (tertiary/aromatic N) is 4. The van der Waals surface area contributed by atoms with Crippen LogP contribution < -0.4 is 4.90 Å². The summed E-state index contributed by atoms with van der Waals surface area (Å²) >= 11 is 1.61. The highest BCUT2D eigenvalue weighted by molar-refractivity contribution is 7.15. The zero-order chi connectivity index (χ0) is 14.1. The molecule has 1 fully saturated rings. The number of anilines is 1. The van der Waals surface area contributed by atoms with E-state index in [0.29, 0.717) is 5.92 Å². The van der Waals surface area contributed by atoms with Crippen molar-refractivity contribution in [1.82, 2.24) is 14.3 Å². The van der Waals surface area contributed by atoms with Gasteiger partial charge in [-0.05, 0) is 5.92 Å². The lowest BCUT2D eigenvalue weighted by atomic mass is 10.2. The van der Waals surface area contributed by atoms with E-state index in [9.17, 15) is 5.11 Å². The van der Waals surface area contributed by atoms with Crippen LogP contribution in [0.15, 0.2) is 11.6 Å². The molecule has 0 spiro atoms. The smallest absolute Gasteiger partial charge is 0.195 e. The van der Waals surface area contributed by atoms with Crippen molar-refractivity contribution in [2.75, 3.05) is 37.6 Å². The topological polar surface area (TPSA) is 44.0 Å². The van der Waals surface area contributed by atoms with Gasteiger partial charge in [0.1, 0.15) is 0 Å². The Kier molecular flexibility index (Phi) is 3.96. The zero-order valence-corrected chi connectivity index (χ0v) is 12.9. The Morgan fingerprint density at radius 2 is 2.05 bits per heavy atom. The van der Waals surface area contributed by atoms with Crippen molar-refractivity contribution in [1.29, 1.82) is 0 Å². The molecule has 2 aromatic rings. The van der Waals surface area contributed by atoms with Gasteiger partial charge in [0.2, 0.25) is 0 Å². The van der Waals surface area contributed by atoms with E-state index in [0.717, 1.165) is 42.7 Å². The molecule has 2 aromatic heterocycles. The number of aliphatic hydroxyl groups excluding tert-OH is 1. The summed E-state index contributed by atoms with van der Waals surface area (Å²) in [6.07, 6.45) is 1.98. The summed E-state index contributed by atoms with van der Waals surface area (Å²) in [5, 5.41) is 11.6. The molecule has 0 saturated carbocycles.